The number of hydrogen-bond acceptors (Lipinski definition) is 9. The van der Waals surface area contributed by atoms with Crippen LogP contribution < -0.4 is 0 Å². The van der Waals surface area contributed by atoms with Crippen LogP contribution >= 0.6 is 0 Å². The Kier molecular flexibility index (Phi) is 19.0. The Bertz CT molecular complexity index is 793. The van der Waals surface area contributed by atoms with Crippen molar-refractivity contribution in [1.29, 1.82) is 0 Å². The molecule has 0 rings (SSSR count). The third-order valence-electron chi connectivity index (χ3n) is 10.2. The van der Waals surface area contributed by atoms with Gasteiger partial charge in [0.1, 0.15) is 7.11 Å². The second-order valence-corrected chi connectivity index (χ2v) is 84.8. The summed E-state index contributed by atoms with van der Waals surface area (Å²) < 4.78 is 64.2. The predicted molar refractivity (Wildman–Crippen MR) is 203 cm³/mol. The molecule has 0 fully saturated rings. The van der Waals surface area contributed by atoms with E-state index in [4.69, 9.17) is 39.8 Å². The molecule has 0 radical (unpaired) electrons. The van der Waals surface area contributed by atoms with E-state index in [9.17, 15) is 0 Å². The third kappa shape index (κ3) is 7.73. The molecule has 0 N–H and O–H groups in total. The highest BCUT2D eigenvalue weighted by molar-refractivity contribution is 8.00. The Balaban J connectivity index is 8.97. The zero-order valence-corrected chi connectivity index (χ0v) is 40.0. The quantitative estimate of drug-likeness (QED) is 0.0957. The van der Waals surface area contributed by atoms with Gasteiger partial charge in [-0.25, -0.2) is 0 Å². The van der Waals surface area contributed by atoms with Crippen molar-refractivity contribution in [1.82, 2.24) is 0 Å². The Morgan fingerprint density at radius 1 is 0.273 bits per heavy atom. The van der Waals surface area contributed by atoms with Crippen LogP contribution in [0.5, 0.6) is 0 Å². The molecule has 17 heteroatoms. The normalized spacial score (nSPS) is 14.9. The van der Waals surface area contributed by atoms with Crippen LogP contribution in [0.3, 0.4) is 0 Å². The van der Waals surface area contributed by atoms with Gasteiger partial charge in [-0.3, -0.25) is 0 Å². The SMILES string of the molecule is CCO[Si](OCC)(OCC)[Si](OCC)(OCC)[Si](OCC)(OCC)[Si](OCC)(OCC)[Si](C)(C)[Si](C)(C)[Si](C)(C)[Si](C)(C)C. The van der Waals surface area contributed by atoms with E-state index >= 15 is 0 Å². The molecule has 0 unspecified atom stereocenters. The fourth-order valence-corrected chi connectivity index (χ4v) is 194. The van der Waals surface area contributed by atoms with Crippen molar-refractivity contribution < 1.29 is 39.8 Å². The lowest BCUT2D eigenvalue weighted by Gasteiger charge is -2.62. The van der Waals surface area contributed by atoms with Gasteiger partial charge in [0.05, 0.1) is 0 Å². The second-order valence-electron chi connectivity index (χ2n) is 13.4. The molecule has 0 aromatic heterocycles. The van der Waals surface area contributed by atoms with Crippen LogP contribution in [-0.2, 0) is 39.8 Å². The smallest absolute Gasteiger partial charge is 0.396 e. The molecule has 0 aromatic carbocycles. The molecular weight excluding hydrogens is 693 g/mol. The van der Waals surface area contributed by atoms with Gasteiger partial charge in [0.25, 0.3) is 0 Å². The maximum atomic E-state index is 7.42. The zero-order valence-electron chi connectivity index (χ0n) is 32.0. The summed E-state index contributed by atoms with van der Waals surface area (Å²) in [6.45, 7) is 45.3. The highest BCUT2D eigenvalue weighted by Crippen LogP contribution is 2.49. The Labute approximate surface area is 279 Å². The Morgan fingerprint density at radius 2 is 0.523 bits per heavy atom. The average Bonchev–Trinajstić information content (AvgIpc) is 2.91. The van der Waals surface area contributed by atoms with Crippen LogP contribution in [0.15, 0.2) is 0 Å². The summed E-state index contributed by atoms with van der Waals surface area (Å²) >= 11 is 0. The van der Waals surface area contributed by atoms with E-state index < -0.39 is 60.0 Å². The van der Waals surface area contributed by atoms with Crippen molar-refractivity contribution in [3.63, 3.8) is 0 Å². The van der Waals surface area contributed by atoms with Gasteiger partial charge < -0.3 is 39.8 Å². The van der Waals surface area contributed by atoms with E-state index in [0.29, 0.717) is 59.5 Å². The van der Waals surface area contributed by atoms with Gasteiger partial charge in [-0.1, -0.05) is 58.9 Å². The molecule has 0 heterocycles. The van der Waals surface area contributed by atoms with Gasteiger partial charge in [-0.2, -0.15) is 0 Å². The first-order chi connectivity index (χ1) is 20.3. The molecule has 9 nitrogen and oxygen atoms in total. The van der Waals surface area contributed by atoms with Crippen LogP contribution in [0.1, 0.15) is 62.3 Å². The van der Waals surface area contributed by atoms with E-state index in [1.807, 2.05) is 48.5 Å². The van der Waals surface area contributed by atoms with E-state index in [1.54, 1.807) is 0 Å². The lowest BCUT2D eigenvalue weighted by Crippen LogP contribution is -3.01. The summed E-state index contributed by atoms with van der Waals surface area (Å²) in [7, 11) is -23.0. The summed E-state index contributed by atoms with van der Waals surface area (Å²) in [5, 5.41) is 0. The molecular formula is C27H72O9Si8. The molecule has 0 saturated heterocycles. The topological polar surface area (TPSA) is 83.1 Å². The van der Waals surface area contributed by atoms with Crippen LogP contribution in [0.25, 0.3) is 0 Å². The molecule has 0 bridgehead atoms. The molecule has 0 aromatic rings. The van der Waals surface area contributed by atoms with Crippen LogP contribution in [0.4, 0.5) is 0 Å². The minimum absolute atomic E-state index is 0.379. The highest BCUT2D eigenvalue weighted by Gasteiger charge is 2.93. The number of hydrogen-bond donors (Lipinski definition) is 0. The van der Waals surface area contributed by atoms with Crippen molar-refractivity contribution in [2.75, 3.05) is 59.5 Å². The summed E-state index contributed by atoms with van der Waals surface area (Å²) in [6.07, 6.45) is 0. The molecule has 266 valence electrons. The summed E-state index contributed by atoms with van der Waals surface area (Å²) in [6, 6.07) is 0. The maximum absolute atomic E-state index is 7.42. The molecule has 0 spiro atoms. The van der Waals surface area contributed by atoms with Gasteiger partial charge in [0.2, 0.25) is 0 Å². The lowest BCUT2D eigenvalue weighted by atomic mass is 10.9. The second kappa shape index (κ2) is 18.4. The van der Waals surface area contributed by atoms with Gasteiger partial charge in [0, 0.05) is 81.3 Å². The largest absolute Gasteiger partial charge is 0.541 e. The Morgan fingerprint density at radius 3 is 0.773 bits per heavy atom. The van der Waals surface area contributed by atoms with Crippen LogP contribution in [0.2, 0.25) is 58.9 Å². The van der Waals surface area contributed by atoms with E-state index in [1.165, 1.54) is 0 Å². The molecule has 0 saturated carbocycles. The van der Waals surface area contributed by atoms with Gasteiger partial charge in [-0.05, 0) is 62.3 Å². The van der Waals surface area contributed by atoms with Gasteiger partial charge >= 0.3 is 31.1 Å². The minimum Gasteiger partial charge on any atom is -0.396 e. The summed E-state index contributed by atoms with van der Waals surface area (Å²) in [5.74, 6) is 0. The van der Waals surface area contributed by atoms with E-state index in [2.05, 4.69) is 72.8 Å². The summed E-state index contributed by atoms with van der Waals surface area (Å²) in [5.41, 5.74) is 0. The van der Waals surface area contributed by atoms with Gasteiger partial charge in [-0.15, -0.1) is 0 Å². The molecule has 0 aliphatic rings. The van der Waals surface area contributed by atoms with Crippen LogP contribution in [0, 0.1) is 0 Å². The maximum Gasteiger partial charge on any atom is 0.541 e. The van der Waals surface area contributed by atoms with E-state index in [0.717, 1.165) is 0 Å². The third-order valence-corrected chi connectivity index (χ3v) is 143. The predicted octanol–water partition coefficient (Wildman–Crippen LogP) is 6.59. The number of rotatable bonds is 25. The van der Waals surface area contributed by atoms with Crippen molar-refractivity contribution in [2.24, 2.45) is 0 Å². The van der Waals surface area contributed by atoms with E-state index in [-0.39, 0.29) is 0 Å². The van der Waals surface area contributed by atoms with Crippen molar-refractivity contribution in [3.8, 4) is 0 Å². The fraction of sp³-hybridized carbons (Fsp3) is 1.00. The standard InChI is InChI=1S/C27H72O9Si8/c1-19-28-41(29-20-2,30-21-3)43(33-24-6,34-25-7)44(35-26-8,36-27-9)42(31-22-4,32-23-5)40(17,18)39(15,16)38(13,14)37(10,11)12/h19-27H2,1-18H3. The van der Waals surface area contributed by atoms with Gasteiger partial charge in [0.15, 0.2) is 0 Å². The van der Waals surface area contributed by atoms with Crippen molar-refractivity contribution in [2.45, 2.75) is 121 Å². The molecule has 0 atom stereocenters. The first-order valence-corrected chi connectivity index (χ1v) is 43.7. The minimum atomic E-state index is -3.90. The molecule has 0 amide bonds. The Hall–Kier alpha value is 1.38. The van der Waals surface area contributed by atoms with Crippen molar-refractivity contribution in [3.05, 3.63) is 0 Å². The molecule has 44 heavy (non-hydrogen) atoms. The average molecular weight is 766 g/mol. The lowest BCUT2D eigenvalue weighted by molar-refractivity contribution is 0.0615. The van der Waals surface area contributed by atoms with Crippen LogP contribution in [-0.4, -0.2) is 119 Å². The fourth-order valence-electron chi connectivity index (χ4n) is 6.58. The first kappa shape index (κ1) is 45.4. The highest BCUT2D eigenvalue weighted by atomic mass is 30.1. The first-order valence-electron chi connectivity index (χ1n) is 17.0. The monoisotopic (exact) mass is 764 g/mol. The summed E-state index contributed by atoms with van der Waals surface area (Å²) in [4.78, 5) is 0. The van der Waals surface area contributed by atoms with Crippen molar-refractivity contribution >= 4 is 60.0 Å². The zero-order chi connectivity index (χ0) is 34.7. The molecule has 0 aliphatic heterocycles. The molecule has 0 aliphatic carbocycles.